The molecule has 1 aromatic carbocycles. The zero-order chi connectivity index (χ0) is 17.6. The molecule has 2 aromatic heterocycles. The van der Waals surface area contributed by atoms with E-state index in [1.54, 1.807) is 18.9 Å². The van der Waals surface area contributed by atoms with E-state index in [0.29, 0.717) is 12.6 Å². The summed E-state index contributed by atoms with van der Waals surface area (Å²) in [5.74, 6) is 0.875. The van der Waals surface area contributed by atoms with Crippen LogP contribution in [0.3, 0.4) is 0 Å². The quantitative estimate of drug-likeness (QED) is 0.656. The Kier molecular flexibility index (Phi) is 5.21. The Bertz CT molecular complexity index is 789. The van der Waals surface area contributed by atoms with Crippen LogP contribution in [0.5, 0.6) is 5.75 Å². The van der Waals surface area contributed by atoms with Gasteiger partial charge in [0.25, 0.3) is 0 Å². The molecule has 0 spiro atoms. The fourth-order valence-electron chi connectivity index (χ4n) is 3.42. The van der Waals surface area contributed by atoms with Crippen LogP contribution in [-0.4, -0.2) is 37.2 Å². The van der Waals surface area contributed by atoms with Crippen molar-refractivity contribution in [2.75, 3.05) is 6.54 Å². The molecule has 0 radical (unpaired) electrons. The van der Waals surface area contributed by atoms with E-state index in [2.05, 4.69) is 32.1 Å². The molecule has 0 bridgehead atoms. The van der Waals surface area contributed by atoms with Crippen LogP contribution in [-0.2, 0) is 19.7 Å². The molecule has 3 aromatic rings. The molecule has 1 fully saturated rings. The van der Waals surface area contributed by atoms with E-state index in [9.17, 15) is 0 Å². The van der Waals surface area contributed by atoms with Gasteiger partial charge in [0, 0.05) is 18.8 Å². The standard InChI is InChI=1S/C20H23N5O/c1-2-10-22-18(4-1)14-26-20-8-6-17(7-9-20)12-24-11-3-5-19(24)13-25-16-21-15-23-25/h1-2,4,6-10,15-16,19H,3,5,11-14H2/t19-/m0/s1. The summed E-state index contributed by atoms with van der Waals surface area (Å²) < 4.78 is 7.74. The monoisotopic (exact) mass is 349 g/mol. The molecule has 26 heavy (non-hydrogen) atoms. The Morgan fingerprint density at radius 1 is 1.12 bits per heavy atom. The van der Waals surface area contributed by atoms with Crippen molar-refractivity contribution in [3.8, 4) is 5.75 Å². The first-order chi connectivity index (χ1) is 12.9. The van der Waals surface area contributed by atoms with Crippen molar-refractivity contribution in [2.45, 2.75) is 38.6 Å². The minimum atomic E-state index is 0.492. The molecule has 3 heterocycles. The van der Waals surface area contributed by atoms with Crippen LogP contribution < -0.4 is 4.74 Å². The molecule has 1 aliphatic rings. The Balaban J connectivity index is 1.32. The lowest BCUT2D eigenvalue weighted by Crippen LogP contribution is -2.32. The number of pyridine rings is 1. The molecule has 6 nitrogen and oxygen atoms in total. The van der Waals surface area contributed by atoms with Gasteiger partial charge in [0.05, 0.1) is 12.2 Å². The second-order valence-electron chi connectivity index (χ2n) is 6.64. The molecule has 0 unspecified atom stereocenters. The maximum absolute atomic E-state index is 5.81. The zero-order valence-corrected chi connectivity index (χ0v) is 14.7. The highest BCUT2D eigenvalue weighted by atomic mass is 16.5. The highest BCUT2D eigenvalue weighted by Gasteiger charge is 2.24. The summed E-state index contributed by atoms with van der Waals surface area (Å²) in [4.78, 5) is 10.8. The van der Waals surface area contributed by atoms with Crippen LogP contribution in [0, 0.1) is 0 Å². The third kappa shape index (κ3) is 4.26. The van der Waals surface area contributed by atoms with Gasteiger partial charge < -0.3 is 4.74 Å². The van der Waals surface area contributed by atoms with E-state index in [0.717, 1.165) is 31.1 Å². The zero-order valence-electron chi connectivity index (χ0n) is 14.7. The van der Waals surface area contributed by atoms with Crippen LogP contribution in [0.1, 0.15) is 24.1 Å². The number of hydrogen-bond donors (Lipinski definition) is 0. The van der Waals surface area contributed by atoms with Gasteiger partial charge in [0.15, 0.2) is 0 Å². The van der Waals surface area contributed by atoms with Gasteiger partial charge in [-0.2, -0.15) is 5.10 Å². The third-order valence-corrected chi connectivity index (χ3v) is 4.79. The second-order valence-corrected chi connectivity index (χ2v) is 6.64. The molecule has 1 atom stereocenters. The second kappa shape index (κ2) is 8.10. The maximum Gasteiger partial charge on any atom is 0.137 e. The minimum Gasteiger partial charge on any atom is -0.487 e. The fraction of sp³-hybridized carbons (Fsp3) is 0.350. The Morgan fingerprint density at radius 3 is 2.81 bits per heavy atom. The smallest absolute Gasteiger partial charge is 0.137 e. The topological polar surface area (TPSA) is 56.1 Å². The van der Waals surface area contributed by atoms with Crippen molar-refractivity contribution in [3.05, 3.63) is 72.6 Å². The molecule has 0 amide bonds. The number of likely N-dealkylation sites (tertiary alicyclic amines) is 1. The molecule has 0 saturated carbocycles. The van der Waals surface area contributed by atoms with Gasteiger partial charge >= 0.3 is 0 Å². The maximum atomic E-state index is 5.81. The van der Waals surface area contributed by atoms with Crippen LogP contribution in [0.4, 0.5) is 0 Å². The van der Waals surface area contributed by atoms with Crippen LogP contribution in [0.2, 0.25) is 0 Å². The van der Waals surface area contributed by atoms with Gasteiger partial charge in [-0.3, -0.25) is 14.6 Å². The lowest BCUT2D eigenvalue weighted by atomic mass is 10.1. The largest absolute Gasteiger partial charge is 0.487 e. The van der Waals surface area contributed by atoms with Crippen molar-refractivity contribution in [3.63, 3.8) is 0 Å². The summed E-state index contributed by atoms with van der Waals surface area (Å²) in [5, 5.41) is 4.24. The van der Waals surface area contributed by atoms with Gasteiger partial charge in [-0.1, -0.05) is 18.2 Å². The SMILES string of the molecule is c1ccc(COc2ccc(CN3CCC[C@H]3Cn3cncn3)cc2)nc1. The Morgan fingerprint density at radius 2 is 2.04 bits per heavy atom. The number of ether oxygens (including phenoxy) is 1. The molecular weight excluding hydrogens is 326 g/mol. The molecule has 134 valence electrons. The van der Waals surface area contributed by atoms with Crippen molar-refractivity contribution in [1.29, 1.82) is 0 Å². The van der Waals surface area contributed by atoms with Gasteiger partial charge in [-0.05, 0) is 49.2 Å². The highest BCUT2D eigenvalue weighted by Crippen LogP contribution is 2.22. The van der Waals surface area contributed by atoms with Gasteiger partial charge in [0.1, 0.15) is 25.0 Å². The molecule has 4 rings (SSSR count). The number of rotatable bonds is 7. The molecular formula is C20H23N5O. The highest BCUT2D eigenvalue weighted by molar-refractivity contribution is 5.27. The lowest BCUT2D eigenvalue weighted by molar-refractivity contribution is 0.219. The summed E-state index contributed by atoms with van der Waals surface area (Å²) in [6, 6.07) is 14.8. The summed E-state index contributed by atoms with van der Waals surface area (Å²) in [7, 11) is 0. The molecule has 0 N–H and O–H groups in total. The van der Waals surface area contributed by atoms with E-state index in [1.807, 2.05) is 35.0 Å². The van der Waals surface area contributed by atoms with E-state index in [1.165, 1.54) is 18.4 Å². The van der Waals surface area contributed by atoms with Gasteiger partial charge in [-0.15, -0.1) is 0 Å². The summed E-state index contributed by atoms with van der Waals surface area (Å²) in [5.41, 5.74) is 2.24. The average Bonchev–Trinajstić information content (AvgIpc) is 3.35. The van der Waals surface area contributed by atoms with Gasteiger partial charge in [-0.25, -0.2) is 4.98 Å². The average molecular weight is 349 g/mol. The number of aromatic nitrogens is 4. The van der Waals surface area contributed by atoms with Crippen LogP contribution in [0.15, 0.2) is 61.3 Å². The van der Waals surface area contributed by atoms with Crippen LogP contribution >= 0.6 is 0 Å². The number of benzene rings is 1. The van der Waals surface area contributed by atoms with E-state index >= 15 is 0 Å². The minimum absolute atomic E-state index is 0.492. The van der Waals surface area contributed by atoms with Crippen molar-refractivity contribution in [1.82, 2.24) is 24.6 Å². The molecule has 6 heteroatoms. The van der Waals surface area contributed by atoms with E-state index in [-0.39, 0.29) is 0 Å². The van der Waals surface area contributed by atoms with Gasteiger partial charge in [0.2, 0.25) is 0 Å². The van der Waals surface area contributed by atoms with Crippen molar-refractivity contribution >= 4 is 0 Å². The molecule has 0 aliphatic carbocycles. The predicted octanol–water partition coefficient (Wildman–Crippen LogP) is 2.92. The summed E-state index contributed by atoms with van der Waals surface area (Å²) in [6.07, 6.45) is 7.64. The normalized spacial score (nSPS) is 17.5. The summed E-state index contributed by atoms with van der Waals surface area (Å²) in [6.45, 7) is 3.49. The lowest BCUT2D eigenvalue weighted by Gasteiger charge is -2.24. The number of hydrogen-bond acceptors (Lipinski definition) is 5. The number of nitrogens with zero attached hydrogens (tertiary/aromatic N) is 5. The summed E-state index contributed by atoms with van der Waals surface area (Å²) >= 11 is 0. The molecule has 1 saturated heterocycles. The Hall–Kier alpha value is -2.73. The van der Waals surface area contributed by atoms with E-state index in [4.69, 9.17) is 4.74 Å². The first-order valence-corrected chi connectivity index (χ1v) is 9.05. The van der Waals surface area contributed by atoms with E-state index < -0.39 is 0 Å². The van der Waals surface area contributed by atoms with Crippen molar-refractivity contribution in [2.24, 2.45) is 0 Å². The molecule has 1 aliphatic heterocycles. The van der Waals surface area contributed by atoms with Crippen molar-refractivity contribution < 1.29 is 4.74 Å². The first kappa shape index (κ1) is 16.7. The first-order valence-electron chi connectivity index (χ1n) is 9.05. The predicted molar refractivity (Wildman–Crippen MR) is 98.5 cm³/mol. The van der Waals surface area contributed by atoms with Crippen LogP contribution in [0.25, 0.3) is 0 Å². The third-order valence-electron chi connectivity index (χ3n) is 4.79. The Labute approximate surface area is 153 Å². The fourth-order valence-corrected chi connectivity index (χ4v) is 3.42.